The van der Waals surface area contributed by atoms with Crippen LogP contribution >= 0.6 is 11.3 Å². The lowest BCUT2D eigenvalue weighted by atomic mass is 9.94. The second-order valence-electron chi connectivity index (χ2n) is 5.87. The highest BCUT2D eigenvalue weighted by Gasteiger charge is 2.20. The molecule has 5 nitrogen and oxygen atoms in total. The normalized spacial score (nSPS) is 19.1. The zero-order chi connectivity index (χ0) is 16.4. The Morgan fingerprint density at radius 1 is 1.21 bits per heavy atom. The summed E-state index contributed by atoms with van der Waals surface area (Å²) in [5, 5.41) is 5.53. The number of thiazole rings is 1. The van der Waals surface area contributed by atoms with Crippen LogP contribution in [0.1, 0.15) is 19.3 Å². The van der Waals surface area contributed by atoms with Gasteiger partial charge in [0.05, 0.1) is 5.69 Å². The Labute approximate surface area is 144 Å². The summed E-state index contributed by atoms with van der Waals surface area (Å²) in [5.74, 6) is 1.62. The Hall–Kier alpha value is -2.34. The van der Waals surface area contributed by atoms with Crippen LogP contribution in [0.4, 0.5) is 5.13 Å². The fourth-order valence-corrected chi connectivity index (χ4v) is 3.63. The van der Waals surface area contributed by atoms with Crippen LogP contribution in [0.3, 0.4) is 0 Å². The van der Waals surface area contributed by atoms with Gasteiger partial charge in [-0.1, -0.05) is 12.2 Å². The Morgan fingerprint density at radius 2 is 2.08 bits per heavy atom. The van der Waals surface area contributed by atoms with Gasteiger partial charge in [0, 0.05) is 16.9 Å². The van der Waals surface area contributed by atoms with Crippen LogP contribution in [0.25, 0.3) is 11.3 Å². The second-order valence-corrected chi connectivity index (χ2v) is 6.73. The van der Waals surface area contributed by atoms with Crippen molar-refractivity contribution < 1.29 is 14.3 Å². The minimum atomic E-state index is 0.0524. The Kier molecular flexibility index (Phi) is 4.21. The molecule has 1 aliphatic heterocycles. The van der Waals surface area contributed by atoms with Crippen molar-refractivity contribution in [2.24, 2.45) is 5.92 Å². The first-order valence-electron chi connectivity index (χ1n) is 8.11. The molecule has 0 radical (unpaired) electrons. The van der Waals surface area contributed by atoms with Gasteiger partial charge in [0.25, 0.3) is 0 Å². The van der Waals surface area contributed by atoms with Crippen molar-refractivity contribution in [1.29, 1.82) is 0 Å². The minimum absolute atomic E-state index is 0.0524. The first-order chi connectivity index (χ1) is 11.8. The average Bonchev–Trinajstić information content (AvgIpc) is 3.10. The van der Waals surface area contributed by atoms with Crippen molar-refractivity contribution in [3.05, 3.63) is 35.7 Å². The third-order valence-electron chi connectivity index (χ3n) is 4.21. The van der Waals surface area contributed by atoms with Gasteiger partial charge in [-0.2, -0.15) is 0 Å². The van der Waals surface area contributed by atoms with Crippen LogP contribution in [0.5, 0.6) is 11.5 Å². The van der Waals surface area contributed by atoms with E-state index in [4.69, 9.17) is 9.47 Å². The second kappa shape index (κ2) is 6.65. The number of ether oxygens (including phenoxy) is 2. The molecule has 1 N–H and O–H groups in total. The van der Waals surface area contributed by atoms with E-state index in [1.165, 1.54) is 11.3 Å². The van der Waals surface area contributed by atoms with E-state index in [0.717, 1.165) is 42.0 Å². The van der Waals surface area contributed by atoms with Gasteiger partial charge in [0.15, 0.2) is 16.6 Å². The van der Waals surface area contributed by atoms with E-state index < -0.39 is 0 Å². The van der Waals surface area contributed by atoms with Gasteiger partial charge in [-0.05, 0) is 37.5 Å². The number of amides is 1. The molecule has 0 bridgehead atoms. The van der Waals surface area contributed by atoms with Crippen molar-refractivity contribution in [3.63, 3.8) is 0 Å². The van der Waals surface area contributed by atoms with Gasteiger partial charge in [0.1, 0.15) is 13.2 Å². The van der Waals surface area contributed by atoms with Gasteiger partial charge >= 0.3 is 0 Å². The summed E-state index contributed by atoms with van der Waals surface area (Å²) in [4.78, 5) is 16.8. The summed E-state index contributed by atoms with van der Waals surface area (Å²) in [7, 11) is 0. The molecule has 2 heterocycles. The molecule has 1 aromatic heterocycles. The number of hydrogen-bond donors (Lipinski definition) is 1. The highest BCUT2D eigenvalue weighted by molar-refractivity contribution is 7.14. The minimum Gasteiger partial charge on any atom is -0.486 e. The molecule has 2 aromatic rings. The monoisotopic (exact) mass is 342 g/mol. The van der Waals surface area contributed by atoms with Crippen molar-refractivity contribution in [2.75, 3.05) is 18.5 Å². The summed E-state index contributed by atoms with van der Waals surface area (Å²) in [6.45, 7) is 1.14. The van der Waals surface area contributed by atoms with Crippen molar-refractivity contribution in [2.45, 2.75) is 19.3 Å². The number of benzene rings is 1. The number of nitrogens with zero attached hydrogens (tertiary/aromatic N) is 1. The molecule has 1 aliphatic carbocycles. The van der Waals surface area contributed by atoms with Crippen LogP contribution < -0.4 is 14.8 Å². The van der Waals surface area contributed by atoms with Crippen molar-refractivity contribution in [3.8, 4) is 22.8 Å². The molecule has 0 spiro atoms. The lowest BCUT2D eigenvalue weighted by Gasteiger charge is -2.18. The number of anilines is 1. The predicted molar refractivity (Wildman–Crippen MR) is 93.7 cm³/mol. The molecule has 124 valence electrons. The SMILES string of the molecule is O=C(Nc1nc(-c2ccc3c(c2)OCCO3)cs1)C1CC=CCC1. The highest BCUT2D eigenvalue weighted by Crippen LogP contribution is 2.35. The maximum absolute atomic E-state index is 12.3. The topological polar surface area (TPSA) is 60.5 Å². The molecular weight excluding hydrogens is 324 g/mol. The first kappa shape index (κ1) is 15.2. The number of fused-ring (bicyclic) bond motifs is 1. The molecule has 1 atom stereocenters. The number of allylic oxidation sites excluding steroid dienone is 2. The number of carbonyl (C=O) groups is 1. The Bertz CT molecular complexity index is 784. The first-order valence-corrected chi connectivity index (χ1v) is 8.99. The predicted octanol–water partition coefficient (Wildman–Crippen LogP) is 3.88. The number of carbonyl (C=O) groups excluding carboxylic acids is 1. The average molecular weight is 342 g/mol. The van der Waals surface area contributed by atoms with Gasteiger partial charge in [0.2, 0.25) is 5.91 Å². The quantitative estimate of drug-likeness (QED) is 0.860. The van der Waals surface area contributed by atoms with Gasteiger partial charge in [-0.25, -0.2) is 4.98 Å². The van der Waals surface area contributed by atoms with Crippen LogP contribution in [0, 0.1) is 5.92 Å². The number of nitrogens with one attached hydrogen (secondary N) is 1. The zero-order valence-electron chi connectivity index (χ0n) is 13.2. The van der Waals surface area contributed by atoms with E-state index in [0.29, 0.717) is 18.3 Å². The van der Waals surface area contributed by atoms with Crippen LogP contribution in [-0.2, 0) is 4.79 Å². The van der Waals surface area contributed by atoms with Crippen molar-refractivity contribution in [1.82, 2.24) is 4.98 Å². The molecule has 6 heteroatoms. The summed E-state index contributed by atoms with van der Waals surface area (Å²) in [5.41, 5.74) is 1.78. The van der Waals surface area contributed by atoms with E-state index >= 15 is 0 Å². The van der Waals surface area contributed by atoms with Crippen molar-refractivity contribution >= 4 is 22.4 Å². The molecule has 4 rings (SSSR count). The van der Waals surface area contributed by atoms with E-state index in [1.807, 2.05) is 23.6 Å². The fraction of sp³-hybridized carbons (Fsp3) is 0.333. The zero-order valence-corrected chi connectivity index (χ0v) is 14.0. The summed E-state index contributed by atoms with van der Waals surface area (Å²) >= 11 is 1.44. The molecule has 24 heavy (non-hydrogen) atoms. The smallest absolute Gasteiger partial charge is 0.229 e. The molecule has 1 amide bonds. The van der Waals surface area contributed by atoms with Crippen LogP contribution in [0.15, 0.2) is 35.7 Å². The lowest BCUT2D eigenvalue weighted by Crippen LogP contribution is -2.23. The molecule has 0 fully saturated rings. The Morgan fingerprint density at radius 3 is 2.92 bits per heavy atom. The number of aromatic nitrogens is 1. The van der Waals surface area contributed by atoms with Gasteiger partial charge < -0.3 is 14.8 Å². The molecule has 1 unspecified atom stereocenters. The maximum Gasteiger partial charge on any atom is 0.229 e. The molecule has 1 aromatic carbocycles. The molecule has 0 saturated heterocycles. The number of rotatable bonds is 3. The van der Waals surface area contributed by atoms with E-state index in [-0.39, 0.29) is 11.8 Å². The highest BCUT2D eigenvalue weighted by atomic mass is 32.1. The molecule has 0 saturated carbocycles. The van der Waals surface area contributed by atoms with E-state index in [1.54, 1.807) is 0 Å². The van der Waals surface area contributed by atoms with Crippen LogP contribution in [0.2, 0.25) is 0 Å². The Balaban J connectivity index is 1.48. The fourth-order valence-electron chi connectivity index (χ4n) is 2.91. The van der Waals surface area contributed by atoms with Crippen LogP contribution in [-0.4, -0.2) is 24.1 Å². The molecule has 2 aliphatic rings. The summed E-state index contributed by atoms with van der Waals surface area (Å²) < 4.78 is 11.1. The van der Waals surface area contributed by atoms with Gasteiger partial charge in [-0.3, -0.25) is 4.79 Å². The van der Waals surface area contributed by atoms with Gasteiger partial charge in [-0.15, -0.1) is 11.3 Å². The largest absolute Gasteiger partial charge is 0.486 e. The third kappa shape index (κ3) is 3.14. The summed E-state index contributed by atoms with van der Waals surface area (Å²) in [6, 6.07) is 5.79. The lowest BCUT2D eigenvalue weighted by molar-refractivity contribution is -0.120. The number of hydrogen-bond acceptors (Lipinski definition) is 5. The maximum atomic E-state index is 12.3. The van der Waals surface area contributed by atoms with E-state index in [2.05, 4.69) is 22.5 Å². The van der Waals surface area contributed by atoms with E-state index in [9.17, 15) is 4.79 Å². The molecular formula is C18H18N2O3S. The standard InChI is InChI=1S/C18H18N2O3S/c21-17(12-4-2-1-3-5-12)20-18-19-14(11-24-18)13-6-7-15-16(10-13)23-9-8-22-15/h1-2,6-7,10-12H,3-5,8-9H2,(H,19,20,21). The third-order valence-corrected chi connectivity index (χ3v) is 4.97. The summed E-state index contributed by atoms with van der Waals surface area (Å²) in [6.07, 6.45) is 6.90.